The number of nitrogens with zero attached hydrogens (tertiary/aromatic N) is 1. The number of hydrogen-bond acceptors (Lipinski definition) is 4. The highest BCUT2D eigenvalue weighted by molar-refractivity contribution is 5.98. The van der Waals surface area contributed by atoms with Gasteiger partial charge < -0.3 is 15.4 Å². The van der Waals surface area contributed by atoms with Crippen molar-refractivity contribution in [3.63, 3.8) is 0 Å². The summed E-state index contributed by atoms with van der Waals surface area (Å²) in [6.45, 7) is 6.68. The molecule has 1 aromatic heterocycles. The third-order valence-electron chi connectivity index (χ3n) is 5.21. The van der Waals surface area contributed by atoms with Crippen molar-refractivity contribution in [2.75, 3.05) is 0 Å². The number of carbonyl (C=O) groups is 2. The van der Waals surface area contributed by atoms with Crippen LogP contribution in [0.3, 0.4) is 0 Å². The van der Waals surface area contributed by atoms with Crippen molar-refractivity contribution in [2.45, 2.75) is 46.4 Å². The molecule has 0 fully saturated rings. The van der Waals surface area contributed by atoms with E-state index >= 15 is 0 Å². The molecule has 0 saturated heterocycles. The zero-order valence-electron chi connectivity index (χ0n) is 19.4. The van der Waals surface area contributed by atoms with Gasteiger partial charge in [-0.1, -0.05) is 62.4 Å². The zero-order chi connectivity index (χ0) is 23.6. The normalized spacial score (nSPS) is 11.6. The van der Waals surface area contributed by atoms with E-state index in [2.05, 4.69) is 15.6 Å². The van der Waals surface area contributed by atoms with E-state index in [-0.39, 0.29) is 17.7 Å². The van der Waals surface area contributed by atoms with Gasteiger partial charge in [0.25, 0.3) is 5.91 Å². The smallest absolute Gasteiger partial charge is 0.252 e. The topological polar surface area (TPSA) is 80.3 Å². The second-order valence-electron chi connectivity index (χ2n) is 8.46. The van der Waals surface area contributed by atoms with Crippen LogP contribution in [-0.4, -0.2) is 22.8 Å². The summed E-state index contributed by atoms with van der Waals surface area (Å²) in [4.78, 5) is 29.9. The number of carbonyl (C=O) groups excluding carboxylic acids is 2. The molecule has 0 aliphatic rings. The van der Waals surface area contributed by atoms with Crippen molar-refractivity contribution < 1.29 is 14.3 Å². The highest BCUT2D eigenvalue weighted by atomic mass is 16.5. The third kappa shape index (κ3) is 7.45. The second-order valence-corrected chi connectivity index (χ2v) is 8.46. The molecule has 172 valence electrons. The van der Waals surface area contributed by atoms with E-state index in [0.717, 1.165) is 16.7 Å². The second kappa shape index (κ2) is 11.8. The number of nitrogens with one attached hydrogen (secondary N) is 2. The fourth-order valence-electron chi connectivity index (χ4n) is 3.45. The first-order valence-electron chi connectivity index (χ1n) is 11.2. The van der Waals surface area contributed by atoms with Crippen molar-refractivity contribution in [3.8, 4) is 5.88 Å². The van der Waals surface area contributed by atoms with Crippen LogP contribution < -0.4 is 15.4 Å². The minimum Gasteiger partial charge on any atom is -0.473 e. The van der Waals surface area contributed by atoms with Gasteiger partial charge >= 0.3 is 0 Å². The van der Waals surface area contributed by atoms with Gasteiger partial charge in [-0.3, -0.25) is 9.59 Å². The fraction of sp³-hybridized carbons (Fsp3) is 0.296. The summed E-state index contributed by atoms with van der Waals surface area (Å²) in [7, 11) is 0. The Morgan fingerprint density at radius 2 is 1.70 bits per heavy atom. The highest BCUT2D eigenvalue weighted by Crippen LogP contribution is 2.13. The molecule has 0 bridgehead atoms. The Kier molecular flexibility index (Phi) is 8.58. The Balaban J connectivity index is 1.59. The molecule has 0 saturated carbocycles. The van der Waals surface area contributed by atoms with Gasteiger partial charge in [-0.15, -0.1) is 0 Å². The van der Waals surface area contributed by atoms with Gasteiger partial charge in [-0.2, -0.15) is 0 Å². The summed E-state index contributed by atoms with van der Waals surface area (Å²) in [6.07, 6.45) is 2.21. The maximum Gasteiger partial charge on any atom is 0.252 e. The molecule has 0 aliphatic heterocycles. The van der Waals surface area contributed by atoms with Crippen LogP contribution in [-0.2, 0) is 17.9 Å². The first-order chi connectivity index (χ1) is 15.9. The number of ether oxygens (including phenoxy) is 1. The van der Waals surface area contributed by atoms with Gasteiger partial charge in [-0.25, -0.2) is 4.98 Å². The SMILES string of the molecule is Cc1ccccc1C(=O)NC(CC(C)C)C(=O)NCc1ccnc(OCc2ccccc2)c1. The van der Waals surface area contributed by atoms with E-state index in [4.69, 9.17) is 4.74 Å². The summed E-state index contributed by atoms with van der Waals surface area (Å²) in [5.41, 5.74) is 3.38. The Morgan fingerprint density at radius 1 is 0.970 bits per heavy atom. The molecule has 1 heterocycles. The molecule has 0 radical (unpaired) electrons. The molecule has 3 rings (SSSR count). The summed E-state index contributed by atoms with van der Waals surface area (Å²) in [5.74, 6) is 0.289. The maximum atomic E-state index is 12.9. The molecule has 3 aromatic rings. The van der Waals surface area contributed by atoms with E-state index in [9.17, 15) is 9.59 Å². The molecule has 6 heteroatoms. The van der Waals surface area contributed by atoms with Crippen LogP contribution in [0.15, 0.2) is 72.9 Å². The lowest BCUT2D eigenvalue weighted by Crippen LogP contribution is -2.47. The van der Waals surface area contributed by atoms with Crippen LogP contribution in [0.25, 0.3) is 0 Å². The predicted octanol–water partition coefficient (Wildman–Crippen LogP) is 4.43. The standard InChI is InChI=1S/C27H31N3O3/c1-19(2)15-24(30-26(31)23-12-8-7-9-20(23)3)27(32)29-17-22-13-14-28-25(16-22)33-18-21-10-5-4-6-11-21/h4-14,16,19,24H,15,17-18H2,1-3H3,(H,29,32)(H,30,31). The molecule has 6 nitrogen and oxygen atoms in total. The molecular weight excluding hydrogens is 414 g/mol. The van der Waals surface area contributed by atoms with E-state index in [1.54, 1.807) is 12.3 Å². The molecule has 1 atom stereocenters. The van der Waals surface area contributed by atoms with Crippen LogP contribution in [0.5, 0.6) is 5.88 Å². The van der Waals surface area contributed by atoms with E-state index in [1.807, 2.05) is 81.4 Å². The molecule has 1 unspecified atom stereocenters. The molecule has 33 heavy (non-hydrogen) atoms. The van der Waals surface area contributed by atoms with Crippen LogP contribution in [0.1, 0.15) is 47.3 Å². The van der Waals surface area contributed by atoms with Crippen LogP contribution in [0.2, 0.25) is 0 Å². The lowest BCUT2D eigenvalue weighted by molar-refractivity contribution is -0.123. The molecular formula is C27H31N3O3. The summed E-state index contributed by atoms with van der Waals surface area (Å²) in [5, 5.41) is 5.84. The number of aromatic nitrogens is 1. The lowest BCUT2D eigenvalue weighted by Gasteiger charge is -2.21. The van der Waals surface area contributed by atoms with Crippen molar-refractivity contribution in [1.29, 1.82) is 0 Å². The number of rotatable bonds is 10. The zero-order valence-corrected chi connectivity index (χ0v) is 19.4. The van der Waals surface area contributed by atoms with Crippen LogP contribution in [0, 0.1) is 12.8 Å². The molecule has 2 amide bonds. The Hall–Kier alpha value is -3.67. The van der Waals surface area contributed by atoms with E-state index in [1.165, 1.54) is 0 Å². The minimum absolute atomic E-state index is 0.214. The Bertz CT molecular complexity index is 1070. The molecule has 0 spiro atoms. The Morgan fingerprint density at radius 3 is 2.42 bits per heavy atom. The first kappa shape index (κ1) is 24.0. The lowest BCUT2D eigenvalue weighted by atomic mass is 10.0. The summed E-state index contributed by atoms with van der Waals surface area (Å²) >= 11 is 0. The van der Waals surface area contributed by atoms with Gasteiger partial charge in [-0.05, 0) is 48.1 Å². The van der Waals surface area contributed by atoms with E-state index in [0.29, 0.717) is 31.0 Å². The number of hydrogen-bond donors (Lipinski definition) is 2. The average molecular weight is 446 g/mol. The van der Waals surface area contributed by atoms with Crippen molar-refractivity contribution in [3.05, 3.63) is 95.2 Å². The van der Waals surface area contributed by atoms with Gasteiger partial charge in [0.15, 0.2) is 0 Å². The third-order valence-corrected chi connectivity index (χ3v) is 5.21. The van der Waals surface area contributed by atoms with Crippen molar-refractivity contribution in [1.82, 2.24) is 15.6 Å². The number of amides is 2. The highest BCUT2D eigenvalue weighted by Gasteiger charge is 2.23. The largest absolute Gasteiger partial charge is 0.473 e. The number of pyridine rings is 1. The first-order valence-corrected chi connectivity index (χ1v) is 11.2. The summed E-state index contributed by atoms with van der Waals surface area (Å²) in [6, 6.07) is 20.2. The van der Waals surface area contributed by atoms with E-state index < -0.39 is 6.04 Å². The summed E-state index contributed by atoms with van der Waals surface area (Å²) < 4.78 is 5.77. The van der Waals surface area contributed by atoms with Gasteiger partial charge in [0.2, 0.25) is 11.8 Å². The molecule has 2 N–H and O–H groups in total. The van der Waals surface area contributed by atoms with Crippen molar-refractivity contribution in [2.24, 2.45) is 5.92 Å². The van der Waals surface area contributed by atoms with Crippen LogP contribution in [0.4, 0.5) is 0 Å². The Labute approximate surface area is 195 Å². The quantitative estimate of drug-likeness (QED) is 0.484. The van der Waals surface area contributed by atoms with Gasteiger partial charge in [0.05, 0.1) is 0 Å². The molecule has 0 aliphatic carbocycles. The fourth-order valence-corrected chi connectivity index (χ4v) is 3.45. The minimum atomic E-state index is -0.618. The van der Waals surface area contributed by atoms with Crippen molar-refractivity contribution >= 4 is 11.8 Å². The maximum absolute atomic E-state index is 12.9. The average Bonchev–Trinajstić information content (AvgIpc) is 2.81. The predicted molar refractivity (Wildman–Crippen MR) is 129 cm³/mol. The van der Waals surface area contributed by atoms with Crippen LogP contribution >= 0.6 is 0 Å². The van der Waals surface area contributed by atoms with Gasteiger partial charge in [0, 0.05) is 24.4 Å². The number of aryl methyl sites for hydroxylation is 1. The number of benzene rings is 2. The molecule has 2 aromatic carbocycles. The monoisotopic (exact) mass is 445 g/mol. The van der Waals surface area contributed by atoms with Gasteiger partial charge in [0.1, 0.15) is 12.6 Å².